The van der Waals surface area contributed by atoms with Crippen LogP contribution in [0.2, 0.25) is 0 Å². The van der Waals surface area contributed by atoms with Gasteiger partial charge in [0.2, 0.25) is 0 Å². The molecule has 1 atom stereocenters. The van der Waals surface area contributed by atoms with Gasteiger partial charge in [0.1, 0.15) is 12.4 Å². The van der Waals surface area contributed by atoms with Crippen LogP contribution < -0.4 is 9.64 Å². The molecule has 0 aliphatic carbocycles. The number of methoxy groups -OCH3 is 1. The predicted molar refractivity (Wildman–Crippen MR) is 108 cm³/mol. The standard InChI is InChI=1S/C23H22N2O3/c1-24-21-11-7-6-10-20(21)23(26)25(28-16-17-8-4-3-5-9-17)22(24)18-12-14-19(27-2)15-13-18/h3-15,22H,16H2,1-2H3. The average Bonchev–Trinajstić information content (AvgIpc) is 2.76. The second kappa shape index (κ2) is 7.74. The van der Waals surface area contributed by atoms with Crippen LogP contribution in [0.5, 0.6) is 5.75 Å². The summed E-state index contributed by atoms with van der Waals surface area (Å²) in [4.78, 5) is 21.3. The van der Waals surface area contributed by atoms with Gasteiger partial charge in [-0.3, -0.25) is 9.63 Å². The molecule has 1 heterocycles. The van der Waals surface area contributed by atoms with Crippen molar-refractivity contribution in [3.8, 4) is 5.75 Å². The number of carbonyl (C=O) groups is 1. The molecule has 0 saturated heterocycles. The molecule has 1 aliphatic heterocycles. The third-order valence-corrected chi connectivity index (χ3v) is 4.93. The number of fused-ring (bicyclic) bond motifs is 1. The molecule has 3 aromatic carbocycles. The Labute approximate surface area is 164 Å². The summed E-state index contributed by atoms with van der Waals surface area (Å²) in [5, 5.41) is 1.47. The Hall–Kier alpha value is -3.31. The first-order valence-electron chi connectivity index (χ1n) is 9.15. The molecule has 0 fully saturated rings. The zero-order valence-corrected chi connectivity index (χ0v) is 15.9. The molecule has 5 heteroatoms. The van der Waals surface area contributed by atoms with Crippen molar-refractivity contribution in [3.05, 3.63) is 95.6 Å². The summed E-state index contributed by atoms with van der Waals surface area (Å²) in [6, 6.07) is 25.1. The number of amides is 1. The fourth-order valence-electron chi connectivity index (χ4n) is 3.46. The number of ether oxygens (including phenoxy) is 1. The first kappa shape index (κ1) is 18.1. The fourth-order valence-corrected chi connectivity index (χ4v) is 3.46. The zero-order chi connectivity index (χ0) is 19.5. The zero-order valence-electron chi connectivity index (χ0n) is 15.9. The van der Waals surface area contributed by atoms with Gasteiger partial charge in [-0.1, -0.05) is 54.6 Å². The first-order valence-corrected chi connectivity index (χ1v) is 9.15. The molecule has 0 bridgehead atoms. The van der Waals surface area contributed by atoms with E-state index in [9.17, 15) is 4.79 Å². The summed E-state index contributed by atoms with van der Waals surface area (Å²) in [7, 11) is 3.61. The SMILES string of the molecule is COc1ccc(C2N(OCc3ccccc3)C(=O)c3ccccc3N2C)cc1. The van der Waals surface area contributed by atoms with E-state index in [1.54, 1.807) is 7.11 Å². The highest BCUT2D eigenvalue weighted by atomic mass is 16.7. The Morgan fingerprint density at radius 1 is 0.893 bits per heavy atom. The van der Waals surface area contributed by atoms with Crippen LogP contribution in [0.15, 0.2) is 78.9 Å². The molecule has 0 saturated carbocycles. The highest BCUT2D eigenvalue weighted by Crippen LogP contribution is 2.38. The number of hydrogen-bond donors (Lipinski definition) is 0. The molecule has 1 amide bonds. The van der Waals surface area contributed by atoms with E-state index in [2.05, 4.69) is 4.90 Å². The number of anilines is 1. The smallest absolute Gasteiger partial charge is 0.281 e. The molecule has 4 rings (SSSR count). The van der Waals surface area contributed by atoms with Crippen LogP contribution in [0.1, 0.15) is 27.7 Å². The molecular weight excluding hydrogens is 352 g/mol. The third kappa shape index (κ3) is 3.32. The molecule has 1 aliphatic rings. The lowest BCUT2D eigenvalue weighted by molar-refractivity contribution is -0.162. The Morgan fingerprint density at radius 3 is 2.29 bits per heavy atom. The van der Waals surface area contributed by atoms with Crippen LogP contribution in [-0.2, 0) is 11.4 Å². The Kier molecular flexibility index (Phi) is 5.00. The van der Waals surface area contributed by atoms with Crippen molar-refractivity contribution in [1.29, 1.82) is 0 Å². The second-order valence-electron chi connectivity index (χ2n) is 6.66. The molecule has 0 radical (unpaired) electrons. The molecule has 0 aromatic heterocycles. The number of hydrogen-bond acceptors (Lipinski definition) is 4. The summed E-state index contributed by atoms with van der Waals surface area (Å²) < 4.78 is 5.27. The van der Waals surface area contributed by atoms with E-state index >= 15 is 0 Å². The predicted octanol–water partition coefficient (Wildman–Crippen LogP) is 4.42. The summed E-state index contributed by atoms with van der Waals surface area (Å²) in [5.41, 5.74) is 3.46. The molecule has 5 nitrogen and oxygen atoms in total. The van der Waals surface area contributed by atoms with Crippen LogP contribution in [0.25, 0.3) is 0 Å². The van der Waals surface area contributed by atoms with E-state index in [4.69, 9.17) is 9.57 Å². The Morgan fingerprint density at radius 2 is 1.57 bits per heavy atom. The van der Waals surface area contributed by atoms with Gasteiger partial charge in [-0.25, -0.2) is 0 Å². The summed E-state index contributed by atoms with van der Waals surface area (Å²) in [5.74, 6) is 0.621. The monoisotopic (exact) mass is 374 g/mol. The maximum absolute atomic E-state index is 13.2. The molecule has 1 unspecified atom stereocenters. The van der Waals surface area contributed by atoms with Crippen molar-refractivity contribution in [2.45, 2.75) is 12.8 Å². The van der Waals surface area contributed by atoms with Crippen molar-refractivity contribution >= 4 is 11.6 Å². The molecular formula is C23H22N2O3. The van der Waals surface area contributed by atoms with E-state index in [1.165, 1.54) is 5.06 Å². The first-order chi connectivity index (χ1) is 13.7. The van der Waals surface area contributed by atoms with Crippen molar-refractivity contribution in [2.24, 2.45) is 0 Å². The van der Waals surface area contributed by atoms with Crippen LogP contribution >= 0.6 is 0 Å². The number of carbonyl (C=O) groups excluding carboxylic acids is 1. The van der Waals surface area contributed by atoms with Crippen molar-refractivity contribution in [2.75, 3.05) is 19.1 Å². The Balaban J connectivity index is 1.71. The molecule has 28 heavy (non-hydrogen) atoms. The van der Waals surface area contributed by atoms with Gasteiger partial charge in [0.15, 0.2) is 6.17 Å². The van der Waals surface area contributed by atoms with E-state index in [0.717, 1.165) is 22.6 Å². The normalized spacial score (nSPS) is 16.1. The van der Waals surface area contributed by atoms with Gasteiger partial charge in [0.25, 0.3) is 5.91 Å². The van der Waals surface area contributed by atoms with Gasteiger partial charge in [0, 0.05) is 7.05 Å². The minimum atomic E-state index is -0.378. The van der Waals surface area contributed by atoms with Crippen LogP contribution in [0, 0.1) is 0 Å². The van der Waals surface area contributed by atoms with Gasteiger partial charge in [-0.15, -0.1) is 0 Å². The Bertz CT molecular complexity index is 957. The van der Waals surface area contributed by atoms with E-state index in [-0.39, 0.29) is 12.1 Å². The van der Waals surface area contributed by atoms with Gasteiger partial charge >= 0.3 is 0 Å². The van der Waals surface area contributed by atoms with Gasteiger partial charge in [-0.05, 0) is 35.4 Å². The van der Waals surface area contributed by atoms with Crippen LogP contribution in [0.3, 0.4) is 0 Å². The van der Waals surface area contributed by atoms with Crippen LogP contribution in [0.4, 0.5) is 5.69 Å². The van der Waals surface area contributed by atoms with E-state index in [0.29, 0.717) is 12.2 Å². The summed E-state index contributed by atoms with van der Waals surface area (Å²) in [6.45, 7) is 0.315. The number of rotatable bonds is 5. The lowest BCUT2D eigenvalue weighted by atomic mass is 10.0. The van der Waals surface area contributed by atoms with Crippen molar-refractivity contribution in [1.82, 2.24) is 5.06 Å². The molecule has 0 N–H and O–H groups in total. The number of para-hydroxylation sites is 1. The number of nitrogens with zero attached hydrogens (tertiary/aromatic N) is 2. The van der Waals surface area contributed by atoms with Gasteiger partial charge < -0.3 is 9.64 Å². The van der Waals surface area contributed by atoms with Crippen molar-refractivity contribution < 1.29 is 14.4 Å². The lowest BCUT2D eigenvalue weighted by Crippen LogP contribution is -2.47. The summed E-state index contributed by atoms with van der Waals surface area (Å²) in [6.07, 6.45) is -0.378. The van der Waals surface area contributed by atoms with Gasteiger partial charge in [0.05, 0.1) is 18.4 Å². The van der Waals surface area contributed by atoms with E-state index in [1.807, 2.05) is 85.9 Å². The average molecular weight is 374 g/mol. The largest absolute Gasteiger partial charge is 0.497 e. The maximum atomic E-state index is 13.2. The quantitative estimate of drug-likeness (QED) is 0.663. The molecule has 142 valence electrons. The highest BCUT2D eigenvalue weighted by molar-refractivity contribution is 6.01. The van der Waals surface area contributed by atoms with Crippen molar-refractivity contribution in [3.63, 3.8) is 0 Å². The van der Waals surface area contributed by atoms with Crippen LogP contribution in [-0.4, -0.2) is 25.1 Å². The fraction of sp³-hybridized carbons (Fsp3) is 0.174. The minimum absolute atomic E-state index is 0.148. The molecule has 0 spiro atoms. The number of benzene rings is 3. The molecule has 3 aromatic rings. The second-order valence-corrected chi connectivity index (χ2v) is 6.66. The van der Waals surface area contributed by atoms with E-state index < -0.39 is 0 Å². The maximum Gasteiger partial charge on any atom is 0.281 e. The summed E-state index contributed by atoms with van der Waals surface area (Å²) >= 11 is 0. The topological polar surface area (TPSA) is 42.0 Å². The van der Waals surface area contributed by atoms with Gasteiger partial charge in [-0.2, -0.15) is 5.06 Å². The minimum Gasteiger partial charge on any atom is -0.497 e. The third-order valence-electron chi connectivity index (χ3n) is 4.93. The number of hydroxylamine groups is 2. The lowest BCUT2D eigenvalue weighted by Gasteiger charge is -2.42. The highest BCUT2D eigenvalue weighted by Gasteiger charge is 2.38.